The lowest BCUT2D eigenvalue weighted by Gasteiger charge is -2.56. The average molecular weight is 450 g/mol. The molecule has 1 aromatic carbocycles. The van der Waals surface area contributed by atoms with Crippen LogP contribution in [0.4, 0.5) is 11.4 Å². The highest BCUT2D eigenvalue weighted by molar-refractivity contribution is 6.33. The highest BCUT2D eigenvalue weighted by Crippen LogP contribution is 2.58. The Morgan fingerprint density at radius 2 is 1.60 bits per heavy atom. The second-order valence-electron chi connectivity index (χ2n) is 9.04. The molecular weight excluding hydrogens is 425 g/mol. The lowest BCUT2D eigenvalue weighted by molar-refractivity contribution is -0.0518. The fraction of sp³-hybridized carbons (Fsp3) is 0.545. The topological polar surface area (TPSA) is 65.4 Å². The van der Waals surface area contributed by atoms with E-state index in [0.717, 1.165) is 19.3 Å². The highest BCUT2D eigenvalue weighted by atomic mass is 35.5. The Labute approximate surface area is 185 Å². The fourth-order valence-electron chi connectivity index (χ4n) is 6.28. The van der Waals surface area contributed by atoms with Crippen LogP contribution in [-0.4, -0.2) is 24.0 Å². The van der Waals surface area contributed by atoms with E-state index in [9.17, 15) is 4.79 Å². The highest BCUT2D eigenvalue weighted by Gasteiger charge is 2.53. The lowest BCUT2D eigenvalue weighted by Crippen LogP contribution is -2.55. The van der Waals surface area contributed by atoms with Crippen molar-refractivity contribution in [3.63, 3.8) is 0 Å². The van der Waals surface area contributed by atoms with E-state index in [1.165, 1.54) is 19.3 Å². The Balaban J connectivity index is 1.49. The number of hydrogen-bond donors (Lipinski definition) is 1. The zero-order valence-corrected chi connectivity index (χ0v) is 18.6. The maximum atomic E-state index is 13.3. The normalized spacial score (nSPS) is 29.1. The number of rotatable bonds is 5. The summed E-state index contributed by atoms with van der Waals surface area (Å²) in [7, 11) is 3.09. The Kier molecular flexibility index (Phi) is 4.90. The van der Waals surface area contributed by atoms with E-state index in [1.54, 1.807) is 37.2 Å². The van der Waals surface area contributed by atoms with E-state index in [-0.39, 0.29) is 16.1 Å². The molecule has 4 aliphatic rings. The van der Waals surface area contributed by atoms with Crippen molar-refractivity contribution in [2.45, 2.75) is 44.1 Å². The third kappa shape index (κ3) is 3.16. The van der Waals surface area contributed by atoms with Crippen LogP contribution >= 0.6 is 23.2 Å². The third-order valence-electron chi connectivity index (χ3n) is 7.12. The third-order valence-corrected chi connectivity index (χ3v) is 7.78. The first-order valence-electron chi connectivity index (χ1n) is 10.4. The minimum absolute atomic E-state index is 0.134. The quantitative estimate of drug-likeness (QED) is 0.675. The van der Waals surface area contributed by atoms with Gasteiger partial charge in [-0.3, -0.25) is 4.79 Å². The van der Waals surface area contributed by atoms with Gasteiger partial charge in [-0.2, -0.15) is 5.10 Å². The van der Waals surface area contributed by atoms with Crippen LogP contribution in [0.15, 0.2) is 23.1 Å². The number of nitrogens with one attached hydrogen (secondary N) is 1. The van der Waals surface area contributed by atoms with E-state index in [2.05, 4.69) is 10.4 Å². The molecule has 0 spiro atoms. The van der Waals surface area contributed by atoms with Crippen molar-refractivity contribution in [3.8, 4) is 11.5 Å². The van der Waals surface area contributed by atoms with Crippen molar-refractivity contribution in [1.82, 2.24) is 9.78 Å². The Bertz CT molecular complexity index is 1020. The molecule has 4 bridgehead atoms. The van der Waals surface area contributed by atoms with Gasteiger partial charge < -0.3 is 14.8 Å². The van der Waals surface area contributed by atoms with Crippen LogP contribution in [0.25, 0.3) is 0 Å². The molecule has 6 nitrogen and oxygen atoms in total. The molecule has 0 unspecified atom stereocenters. The molecule has 8 heteroatoms. The maximum absolute atomic E-state index is 13.3. The summed E-state index contributed by atoms with van der Waals surface area (Å²) < 4.78 is 12.3. The van der Waals surface area contributed by atoms with Gasteiger partial charge in [0.25, 0.3) is 5.56 Å². The van der Waals surface area contributed by atoms with Gasteiger partial charge in [0.05, 0.1) is 42.4 Å². The van der Waals surface area contributed by atoms with Crippen molar-refractivity contribution in [2.75, 3.05) is 19.5 Å². The van der Waals surface area contributed by atoms with E-state index >= 15 is 0 Å². The van der Waals surface area contributed by atoms with Crippen LogP contribution in [-0.2, 0) is 5.54 Å². The smallest absolute Gasteiger partial charge is 0.288 e. The number of halogens is 2. The Morgan fingerprint density at radius 1 is 1.00 bits per heavy atom. The van der Waals surface area contributed by atoms with Gasteiger partial charge in [-0.15, -0.1) is 0 Å². The van der Waals surface area contributed by atoms with Crippen molar-refractivity contribution >= 4 is 34.6 Å². The number of ether oxygens (including phenoxy) is 2. The van der Waals surface area contributed by atoms with Crippen molar-refractivity contribution in [3.05, 3.63) is 38.7 Å². The molecule has 4 aliphatic carbocycles. The number of anilines is 2. The molecule has 4 saturated carbocycles. The standard InChI is InChI=1S/C22H25Cl2N3O3/c1-29-18-7-19(30-2)16(6-15(18)23)26-17-11-25-27(21(28)20(17)24)22-8-12-3-13(9-22)5-14(4-12)10-22/h6-7,11-14,26H,3-5,8-10H2,1-2H3. The first kappa shape index (κ1) is 20.0. The van der Waals surface area contributed by atoms with E-state index in [4.69, 9.17) is 32.7 Å². The number of methoxy groups -OCH3 is 2. The largest absolute Gasteiger partial charge is 0.495 e. The minimum Gasteiger partial charge on any atom is -0.495 e. The summed E-state index contributed by atoms with van der Waals surface area (Å²) in [6, 6.07) is 3.36. The summed E-state index contributed by atoms with van der Waals surface area (Å²) in [4.78, 5) is 13.3. The monoisotopic (exact) mass is 449 g/mol. The molecule has 0 saturated heterocycles. The second-order valence-corrected chi connectivity index (χ2v) is 9.83. The summed E-state index contributed by atoms with van der Waals surface area (Å²) in [6.45, 7) is 0. The van der Waals surface area contributed by atoms with Gasteiger partial charge in [0, 0.05) is 6.07 Å². The van der Waals surface area contributed by atoms with Crippen LogP contribution in [0.1, 0.15) is 38.5 Å². The van der Waals surface area contributed by atoms with Crippen LogP contribution < -0.4 is 20.3 Å². The van der Waals surface area contributed by atoms with E-state index < -0.39 is 0 Å². The average Bonchev–Trinajstić information content (AvgIpc) is 2.70. The van der Waals surface area contributed by atoms with Crippen molar-refractivity contribution in [1.29, 1.82) is 0 Å². The second kappa shape index (κ2) is 7.34. The molecule has 1 heterocycles. The number of hydrogen-bond acceptors (Lipinski definition) is 5. The molecule has 6 rings (SSSR count). The summed E-state index contributed by atoms with van der Waals surface area (Å²) in [5.41, 5.74) is 0.609. The van der Waals surface area contributed by atoms with E-state index in [1.807, 2.05) is 0 Å². The molecule has 0 atom stereocenters. The van der Waals surface area contributed by atoms with Gasteiger partial charge >= 0.3 is 0 Å². The molecule has 2 aromatic rings. The van der Waals surface area contributed by atoms with Gasteiger partial charge in [0.15, 0.2) is 0 Å². The van der Waals surface area contributed by atoms with Gasteiger partial charge in [-0.1, -0.05) is 23.2 Å². The zero-order valence-electron chi connectivity index (χ0n) is 17.1. The molecule has 0 amide bonds. The number of aromatic nitrogens is 2. The number of benzene rings is 1. The fourth-order valence-corrected chi connectivity index (χ4v) is 6.70. The molecule has 4 fully saturated rings. The first-order valence-corrected chi connectivity index (χ1v) is 11.1. The number of nitrogens with zero attached hydrogens (tertiary/aromatic N) is 2. The Hall–Kier alpha value is -1.92. The van der Waals surface area contributed by atoms with Gasteiger partial charge in [0.2, 0.25) is 0 Å². The van der Waals surface area contributed by atoms with E-state index in [0.29, 0.717) is 45.7 Å². The zero-order chi connectivity index (χ0) is 21.0. The van der Waals surface area contributed by atoms with Crippen LogP contribution in [0, 0.1) is 17.8 Å². The molecule has 160 valence electrons. The summed E-state index contributed by atoms with van der Waals surface area (Å²) in [5.74, 6) is 3.17. The van der Waals surface area contributed by atoms with Gasteiger partial charge in [-0.25, -0.2) is 4.68 Å². The minimum atomic E-state index is -0.234. The predicted octanol–water partition coefficient (Wildman–Crippen LogP) is 5.24. The van der Waals surface area contributed by atoms with Gasteiger partial charge in [-0.05, 0) is 62.3 Å². The molecule has 0 radical (unpaired) electrons. The molecule has 0 aliphatic heterocycles. The summed E-state index contributed by atoms with van der Waals surface area (Å²) in [6.07, 6.45) is 8.67. The van der Waals surface area contributed by atoms with Gasteiger partial charge in [0.1, 0.15) is 16.5 Å². The van der Waals surface area contributed by atoms with Crippen LogP contribution in [0.5, 0.6) is 11.5 Å². The molecule has 1 aromatic heterocycles. The molecular formula is C22H25Cl2N3O3. The van der Waals surface area contributed by atoms with Crippen molar-refractivity contribution in [2.24, 2.45) is 17.8 Å². The SMILES string of the molecule is COc1cc(OC)c(Nc2cnn(C34CC5CC(CC(C5)C3)C4)c(=O)c2Cl)cc1Cl. The summed E-state index contributed by atoms with van der Waals surface area (Å²) >= 11 is 12.8. The maximum Gasteiger partial charge on any atom is 0.288 e. The predicted molar refractivity (Wildman–Crippen MR) is 117 cm³/mol. The Morgan fingerprint density at radius 3 is 2.17 bits per heavy atom. The van der Waals surface area contributed by atoms with Crippen LogP contribution in [0.2, 0.25) is 10.0 Å². The van der Waals surface area contributed by atoms with Crippen molar-refractivity contribution < 1.29 is 9.47 Å². The summed E-state index contributed by atoms with van der Waals surface area (Å²) in [5, 5.41) is 8.31. The first-order chi connectivity index (χ1) is 14.4. The van der Waals surface area contributed by atoms with Crippen LogP contribution in [0.3, 0.4) is 0 Å². The lowest BCUT2D eigenvalue weighted by atomic mass is 9.53. The molecule has 30 heavy (non-hydrogen) atoms. The molecule has 1 N–H and O–H groups in total.